The van der Waals surface area contributed by atoms with Crippen molar-refractivity contribution in [2.45, 2.75) is 25.8 Å². The van der Waals surface area contributed by atoms with Gasteiger partial charge in [-0.1, -0.05) is 6.07 Å². The van der Waals surface area contributed by atoms with Crippen LogP contribution in [0.15, 0.2) is 24.5 Å². The predicted molar refractivity (Wildman–Crippen MR) is 71.5 cm³/mol. The van der Waals surface area contributed by atoms with E-state index in [1.54, 1.807) is 12.4 Å². The molecule has 1 aromatic heterocycles. The predicted octanol–water partition coefficient (Wildman–Crippen LogP) is 1.44. The molecule has 5 nitrogen and oxygen atoms in total. The molecular formula is C15H18N2O3. The van der Waals surface area contributed by atoms with Gasteiger partial charge in [-0.05, 0) is 42.7 Å². The minimum atomic E-state index is -0.821. The highest BCUT2D eigenvalue weighted by Gasteiger charge is 2.53. The number of carbonyl (C=O) groups excluding carboxylic acids is 1. The summed E-state index contributed by atoms with van der Waals surface area (Å²) >= 11 is 0. The molecule has 0 aliphatic heterocycles. The summed E-state index contributed by atoms with van der Waals surface area (Å²) in [5, 5.41) is 12.2. The van der Waals surface area contributed by atoms with Gasteiger partial charge < -0.3 is 10.4 Å². The summed E-state index contributed by atoms with van der Waals surface area (Å²) in [4.78, 5) is 27.7. The van der Waals surface area contributed by atoms with E-state index < -0.39 is 11.9 Å². The molecule has 4 atom stereocenters. The summed E-state index contributed by atoms with van der Waals surface area (Å²) in [7, 11) is 0. The molecule has 2 aliphatic rings. The molecule has 5 heteroatoms. The molecule has 0 unspecified atom stereocenters. The summed E-state index contributed by atoms with van der Waals surface area (Å²) in [5.41, 5.74) is 0.927. The zero-order valence-electron chi connectivity index (χ0n) is 11.2. The van der Waals surface area contributed by atoms with Crippen molar-refractivity contribution in [3.63, 3.8) is 0 Å². The lowest BCUT2D eigenvalue weighted by atomic mass is 9.78. The van der Waals surface area contributed by atoms with Crippen LogP contribution in [0, 0.1) is 23.7 Å². The van der Waals surface area contributed by atoms with E-state index in [-0.39, 0.29) is 23.7 Å². The van der Waals surface area contributed by atoms with E-state index in [1.807, 2.05) is 12.1 Å². The summed E-state index contributed by atoms with van der Waals surface area (Å²) in [5.74, 6) is -1.36. The number of nitrogens with one attached hydrogen (secondary N) is 1. The Morgan fingerprint density at radius 2 is 2.05 bits per heavy atom. The highest BCUT2D eigenvalue weighted by atomic mass is 16.4. The average molecular weight is 274 g/mol. The van der Waals surface area contributed by atoms with E-state index in [0.717, 1.165) is 24.8 Å². The summed E-state index contributed by atoms with van der Waals surface area (Å²) in [6.45, 7) is 0.410. The van der Waals surface area contributed by atoms with Crippen molar-refractivity contribution in [1.29, 1.82) is 0 Å². The molecule has 106 valence electrons. The number of amides is 1. The van der Waals surface area contributed by atoms with Gasteiger partial charge in [0, 0.05) is 18.9 Å². The molecule has 3 rings (SSSR count). The van der Waals surface area contributed by atoms with Gasteiger partial charge in [-0.2, -0.15) is 0 Å². The number of carbonyl (C=O) groups is 2. The largest absolute Gasteiger partial charge is 0.481 e. The monoisotopic (exact) mass is 274 g/mol. The maximum Gasteiger partial charge on any atom is 0.307 e. The van der Waals surface area contributed by atoms with Crippen molar-refractivity contribution in [2.75, 3.05) is 0 Å². The maximum absolute atomic E-state index is 12.3. The molecule has 0 spiro atoms. The first kappa shape index (κ1) is 13.1. The van der Waals surface area contributed by atoms with Crippen LogP contribution in [0.5, 0.6) is 0 Å². The van der Waals surface area contributed by atoms with Gasteiger partial charge in [0.25, 0.3) is 0 Å². The zero-order chi connectivity index (χ0) is 14.1. The lowest BCUT2D eigenvalue weighted by Crippen LogP contribution is -2.41. The highest BCUT2D eigenvalue weighted by molar-refractivity contribution is 5.86. The minimum Gasteiger partial charge on any atom is -0.481 e. The molecule has 2 saturated carbocycles. The Bertz CT molecular complexity index is 517. The highest BCUT2D eigenvalue weighted by Crippen LogP contribution is 2.52. The molecule has 2 fully saturated rings. The standard InChI is InChI=1S/C15H18N2O3/c18-14(17-8-9-2-1-5-16-7-9)12-10-3-4-11(6-10)13(12)15(19)20/h1-2,5,7,10-13H,3-4,6,8H2,(H,17,18)(H,19,20)/t10-,11+,12+,13+/m1/s1. The second-order valence-corrected chi connectivity index (χ2v) is 5.80. The second-order valence-electron chi connectivity index (χ2n) is 5.80. The van der Waals surface area contributed by atoms with Crippen LogP contribution in [-0.4, -0.2) is 22.0 Å². The summed E-state index contributed by atoms with van der Waals surface area (Å²) < 4.78 is 0. The molecule has 2 N–H and O–H groups in total. The third-order valence-electron chi connectivity index (χ3n) is 4.69. The summed E-state index contributed by atoms with van der Waals surface area (Å²) in [6.07, 6.45) is 6.22. The van der Waals surface area contributed by atoms with Gasteiger partial charge in [0.1, 0.15) is 0 Å². The number of pyridine rings is 1. The van der Waals surface area contributed by atoms with Crippen LogP contribution in [0.1, 0.15) is 24.8 Å². The van der Waals surface area contributed by atoms with Gasteiger partial charge in [-0.15, -0.1) is 0 Å². The second kappa shape index (κ2) is 5.23. The number of rotatable bonds is 4. The lowest BCUT2D eigenvalue weighted by molar-refractivity contribution is -0.149. The third-order valence-corrected chi connectivity index (χ3v) is 4.69. The SMILES string of the molecule is O=C(O)[C@H]1[C@H]2CC[C@H](C2)[C@@H]1C(=O)NCc1cccnc1. The van der Waals surface area contributed by atoms with E-state index >= 15 is 0 Å². The van der Waals surface area contributed by atoms with Gasteiger partial charge in [0.15, 0.2) is 0 Å². The molecule has 0 saturated heterocycles. The molecule has 20 heavy (non-hydrogen) atoms. The molecular weight excluding hydrogens is 256 g/mol. The fourth-order valence-electron chi connectivity index (χ4n) is 3.83. The van der Waals surface area contributed by atoms with E-state index in [1.165, 1.54) is 0 Å². The number of aliphatic carboxylic acids is 1. The first-order valence-electron chi connectivity index (χ1n) is 7.06. The fourth-order valence-corrected chi connectivity index (χ4v) is 3.83. The Morgan fingerprint density at radius 1 is 1.30 bits per heavy atom. The van der Waals surface area contributed by atoms with Crippen LogP contribution in [-0.2, 0) is 16.1 Å². The molecule has 0 radical (unpaired) electrons. The normalized spacial score (nSPS) is 31.2. The first-order valence-corrected chi connectivity index (χ1v) is 7.06. The Morgan fingerprint density at radius 3 is 2.70 bits per heavy atom. The molecule has 1 aromatic rings. The van der Waals surface area contributed by atoms with Crippen LogP contribution in [0.25, 0.3) is 0 Å². The minimum absolute atomic E-state index is 0.117. The number of fused-ring (bicyclic) bond motifs is 2. The molecule has 2 bridgehead atoms. The van der Waals surface area contributed by atoms with Crippen molar-refractivity contribution in [2.24, 2.45) is 23.7 Å². The first-order chi connectivity index (χ1) is 9.66. The molecule has 0 aromatic carbocycles. The Kier molecular flexibility index (Phi) is 3.42. The molecule has 2 aliphatic carbocycles. The quantitative estimate of drug-likeness (QED) is 0.871. The number of aromatic nitrogens is 1. The van der Waals surface area contributed by atoms with Gasteiger partial charge in [-0.3, -0.25) is 14.6 Å². The van der Waals surface area contributed by atoms with Crippen molar-refractivity contribution >= 4 is 11.9 Å². The Hall–Kier alpha value is -1.91. The number of hydrogen-bond acceptors (Lipinski definition) is 3. The van der Waals surface area contributed by atoms with Crippen LogP contribution < -0.4 is 5.32 Å². The van der Waals surface area contributed by atoms with Crippen LogP contribution >= 0.6 is 0 Å². The van der Waals surface area contributed by atoms with Gasteiger partial charge in [-0.25, -0.2) is 0 Å². The average Bonchev–Trinajstić information content (AvgIpc) is 3.06. The van der Waals surface area contributed by atoms with Crippen molar-refractivity contribution in [1.82, 2.24) is 10.3 Å². The van der Waals surface area contributed by atoms with Crippen molar-refractivity contribution < 1.29 is 14.7 Å². The maximum atomic E-state index is 12.3. The number of carboxylic acid groups (broad SMARTS) is 1. The fraction of sp³-hybridized carbons (Fsp3) is 0.533. The smallest absolute Gasteiger partial charge is 0.307 e. The van der Waals surface area contributed by atoms with E-state index in [9.17, 15) is 14.7 Å². The Balaban J connectivity index is 1.66. The van der Waals surface area contributed by atoms with Crippen LogP contribution in [0.2, 0.25) is 0 Å². The zero-order valence-corrected chi connectivity index (χ0v) is 11.2. The Labute approximate surface area is 117 Å². The summed E-state index contributed by atoms with van der Waals surface area (Å²) in [6, 6.07) is 3.71. The van der Waals surface area contributed by atoms with Gasteiger partial charge in [0.05, 0.1) is 11.8 Å². The molecule has 1 amide bonds. The van der Waals surface area contributed by atoms with E-state index in [0.29, 0.717) is 6.54 Å². The van der Waals surface area contributed by atoms with E-state index in [2.05, 4.69) is 10.3 Å². The number of nitrogens with zero attached hydrogens (tertiary/aromatic N) is 1. The topological polar surface area (TPSA) is 79.3 Å². The third kappa shape index (κ3) is 2.28. The lowest BCUT2D eigenvalue weighted by Gasteiger charge is -2.27. The van der Waals surface area contributed by atoms with E-state index in [4.69, 9.17) is 0 Å². The number of carboxylic acids is 1. The van der Waals surface area contributed by atoms with Gasteiger partial charge in [0.2, 0.25) is 5.91 Å². The van der Waals surface area contributed by atoms with Crippen molar-refractivity contribution in [3.8, 4) is 0 Å². The van der Waals surface area contributed by atoms with Gasteiger partial charge >= 0.3 is 5.97 Å². The van der Waals surface area contributed by atoms with Crippen molar-refractivity contribution in [3.05, 3.63) is 30.1 Å². The molecule has 1 heterocycles. The number of hydrogen-bond donors (Lipinski definition) is 2. The van der Waals surface area contributed by atoms with Crippen LogP contribution in [0.4, 0.5) is 0 Å². The van der Waals surface area contributed by atoms with Crippen LogP contribution in [0.3, 0.4) is 0 Å².